The minimum atomic E-state index is -0.227. The molecule has 1 aromatic carbocycles. The fraction of sp³-hybridized carbons (Fsp3) is 0.375. The molecule has 4 heteroatoms. The van der Waals surface area contributed by atoms with Crippen molar-refractivity contribution in [3.63, 3.8) is 0 Å². The summed E-state index contributed by atoms with van der Waals surface area (Å²) < 4.78 is 18.9. The SMILES string of the molecule is CCCNC(Cc1ccsc1)c1cc(F)ccc1OC. The molecule has 0 fully saturated rings. The number of halogens is 1. The van der Waals surface area contributed by atoms with Gasteiger partial charge in [0, 0.05) is 11.6 Å². The van der Waals surface area contributed by atoms with Gasteiger partial charge in [-0.2, -0.15) is 11.3 Å². The first kappa shape index (κ1) is 15.0. The van der Waals surface area contributed by atoms with Crippen molar-refractivity contribution in [3.05, 3.63) is 52.0 Å². The fourth-order valence-corrected chi connectivity index (χ4v) is 2.91. The molecule has 2 aromatic rings. The topological polar surface area (TPSA) is 21.3 Å². The third kappa shape index (κ3) is 3.81. The van der Waals surface area contributed by atoms with Crippen molar-refractivity contribution in [2.75, 3.05) is 13.7 Å². The van der Waals surface area contributed by atoms with Crippen LogP contribution >= 0.6 is 11.3 Å². The second-order valence-electron chi connectivity index (χ2n) is 4.73. The Morgan fingerprint density at radius 3 is 2.85 bits per heavy atom. The first-order valence-electron chi connectivity index (χ1n) is 6.82. The number of methoxy groups -OCH3 is 1. The smallest absolute Gasteiger partial charge is 0.123 e. The number of thiophene rings is 1. The molecule has 1 atom stereocenters. The average molecular weight is 293 g/mol. The lowest BCUT2D eigenvalue weighted by molar-refractivity contribution is 0.396. The van der Waals surface area contributed by atoms with Gasteiger partial charge in [0.15, 0.2) is 0 Å². The lowest BCUT2D eigenvalue weighted by Crippen LogP contribution is -2.24. The summed E-state index contributed by atoms with van der Waals surface area (Å²) in [6.45, 7) is 3.02. The molecule has 0 saturated carbocycles. The van der Waals surface area contributed by atoms with E-state index in [0.29, 0.717) is 0 Å². The zero-order valence-electron chi connectivity index (χ0n) is 11.9. The maximum Gasteiger partial charge on any atom is 0.123 e. The quantitative estimate of drug-likeness (QED) is 0.827. The van der Waals surface area contributed by atoms with Crippen LogP contribution in [0.3, 0.4) is 0 Å². The van der Waals surface area contributed by atoms with Crippen LogP contribution in [0, 0.1) is 5.82 Å². The Kier molecular flexibility index (Phi) is 5.56. The van der Waals surface area contributed by atoms with Crippen LogP contribution in [0.1, 0.15) is 30.5 Å². The highest BCUT2D eigenvalue weighted by Crippen LogP contribution is 2.29. The van der Waals surface area contributed by atoms with Crippen molar-refractivity contribution in [1.82, 2.24) is 5.32 Å². The fourth-order valence-electron chi connectivity index (χ4n) is 2.23. The standard InChI is InChI=1S/C16H20FNOS/c1-3-7-18-15(9-12-6-8-20-11-12)14-10-13(17)4-5-16(14)19-2/h4-6,8,10-11,15,18H,3,7,9H2,1-2H3. The van der Waals surface area contributed by atoms with Gasteiger partial charge in [-0.1, -0.05) is 6.92 Å². The zero-order valence-corrected chi connectivity index (χ0v) is 12.7. The van der Waals surface area contributed by atoms with Crippen molar-refractivity contribution in [3.8, 4) is 5.75 Å². The number of nitrogens with one attached hydrogen (secondary N) is 1. The maximum absolute atomic E-state index is 13.6. The van der Waals surface area contributed by atoms with Gasteiger partial charge in [-0.25, -0.2) is 4.39 Å². The van der Waals surface area contributed by atoms with Crippen molar-refractivity contribution in [1.29, 1.82) is 0 Å². The second-order valence-corrected chi connectivity index (χ2v) is 5.51. The summed E-state index contributed by atoms with van der Waals surface area (Å²) in [5, 5.41) is 7.68. The maximum atomic E-state index is 13.6. The van der Waals surface area contributed by atoms with Crippen molar-refractivity contribution in [2.24, 2.45) is 0 Å². The van der Waals surface area contributed by atoms with E-state index in [1.165, 1.54) is 11.6 Å². The Hall–Kier alpha value is -1.39. The summed E-state index contributed by atoms with van der Waals surface area (Å²) in [5.74, 6) is 0.504. The van der Waals surface area contributed by atoms with Gasteiger partial charge in [-0.05, 0) is 60.0 Å². The lowest BCUT2D eigenvalue weighted by Gasteiger charge is -2.21. The Balaban J connectivity index is 2.27. The summed E-state index contributed by atoms with van der Waals surface area (Å²) in [5.41, 5.74) is 2.14. The van der Waals surface area contributed by atoms with E-state index in [2.05, 4.69) is 29.1 Å². The van der Waals surface area contributed by atoms with Crippen LogP contribution in [-0.2, 0) is 6.42 Å². The molecule has 1 unspecified atom stereocenters. The van der Waals surface area contributed by atoms with Crippen LogP contribution in [0.25, 0.3) is 0 Å². The Morgan fingerprint density at radius 2 is 2.20 bits per heavy atom. The average Bonchev–Trinajstić information content (AvgIpc) is 2.96. The van der Waals surface area contributed by atoms with E-state index in [-0.39, 0.29) is 11.9 Å². The van der Waals surface area contributed by atoms with Crippen LogP contribution in [-0.4, -0.2) is 13.7 Å². The zero-order chi connectivity index (χ0) is 14.4. The minimum Gasteiger partial charge on any atom is -0.496 e. The summed E-state index contributed by atoms with van der Waals surface area (Å²) >= 11 is 1.68. The molecule has 0 radical (unpaired) electrons. The number of hydrogen-bond acceptors (Lipinski definition) is 3. The van der Waals surface area contributed by atoms with Gasteiger partial charge in [0.05, 0.1) is 7.11 Å². The predicted molar refractivity (Wildman–Crippen MR) is 82.0 cm³/mol. The molecule has 1 aromatic heterocycles. The molecule has 0 aliphatic heterocycles. The molecule has 2 nitrogen and oxygen atoms in total. The van der Waals surface area contributed by atoms with Crippen LogP contribution in [0.5, 0.6) is 5.75 Å². The van der Waals surface area contributed by atoms with Gasteiger partial charge >= 0.3 is 0 Å². The van der Waals surface area contributed by atoms with E-state index < -0.39 is 0 Å². The Morgan fingerprint density at radius 1 is 1.35 bits per heavy atom. The predicted octanol–water partition coefficient (Wildman–Crippen LogP) is 4.18. The largest absolute Gasteiger partial charge is 0.496 e. The molecule has 0 aliphatic carbocycles. The first-order chi connectivity index (χ1) is 9.74. The van der Waals surface area contributed by atoms with E-state index in [9.17, 15) is 4.39 Å². The highest BCUT2D eigenvalue weighted by Gasteiger charge is 2.17. The molecule has 20 heavy (non-hydrogen) atoms. The number of hydrogen-bond donors (Lipinski definition) is 1. The van der Waals surface area contributed by atoms with Crippen LogP contribution in [0.15, 0.2) is 35.0 Å². The van der Waals surface area contributed by atoms with Crippen molar-refractivity contribution >= 4 is 11.3 Å². The molecular formula is C16H20FNOS. The molecule has 2 rings (SSSR count). The minimum absolute atomic E-state index is 0.0650. The molecule has 0 saturated heterocycles. The summed E-state index contributed by atoms with van der Waals surface area (Å²) in [7, 11) is 1.62. The van der Waals surface area contributed by atoms with Gasteiger partial charge in [0.2, 0.25) is 0 Å². The van der Waals surface area contributed by atoms with E-state index in [0.717, 1.165) is 30.7 Å². The van der Waals surface area contributed by atoms with Gasteiger partial charge in [-0.15, -0.1) is 0 Å². The van der Waals surface area contributed by atoms with Gasteiger partial charge < -0.3 is 10.1 Å². The normalized spacial score (nSPS) is 12.3. The van der Waals surface area contributed by atoms with Gasteiger partial charge in [0.25, 0.3) is 0 Å². The molecular weight excluding hydrogens is 273 g/mol. The first-order valence-corrected chi connectivity index (χ1v) is 7.76. The van der Waals surface area contributed by atoms with Gasteiger partial charge in [0.1, 0.15) is 11.6 Å². The number of benzene rings is 1. The molecule has 1 N–H and O–H groups in total. The van der Waals surface area contributed by atoms with E-state index >= 15 is 0 Å². The summed E-state index contributed by atoms with van der Waals surface area (Å²) in [6.07, 6.45) is 1.88. The number of rotatable bonds is 7. The van der Waals surface area contributed by atoms with E-state index in [1.54, 1.807) is 30.6 Å². The summed E-state index contributed by atoms with van der Waals surface area (Å²) in [6, 6.07) is 6.87. The van der Waals surface area contributed by atoms with Gasteiger partial charge in [-0.3, -0.25) is 0 Å². The Labute approximate surface area is 123 Å². The highest BCUT2D eigenvalue weighted by molar-refractivity contribution is 7.07. The van der Waals surface area contributed by atoms with Crippen molar-refractivity contribution in [2.45, 2.75) is 25.8 Å². The molecule has 0 amide bonds. The summed E-state index contributed by atoms with van der Waals surface area (Å²) in [4.78, 5) is 0. The van der Waals surface area contributed by atoms with Crippen LogP contribution in [0.4, 0.5) is 4.39 Å². The van der Waals surface area contributed by atoms with Crippen LogP contribution < -0.4 is 10.1 Å². The molecule has 0 bridgehead atoms. The highest BCUT2D eigenvalue weighted by atomic mass is 32.1. The molecule has 108 valence electrons. The second kappa shape index (κ2) is 7.41. The lowest BCUT2D eigenvalue weighted by atomic mass is 9.99. The van der Waals surface area contributed by atoms with E-state index in [1.807, 2.05) is 0 Å². The molecule has 0 aliphatic rings. The third-order valence-electron chi connectivity index (χ3n) is 3.23. The number of ether oxygens (including phenoxy) is 1. The van der Waals surface area contributed by atoms with E-state index in [4.69, 9.17) is 4.74 Å². The Bertz CT molecular complexity index is 527. The monoisotopic (exact) mass is 293 g/mol. The molecule has 1 heterocycles. The third-order valence-corrected chi connectivity index (χ3v) is 3.96. The van der Waals surface area contributed by atoms with Crippen LogP contribution in [0.2, 0.25) is 0 Å². The van der Waals surface area contributed by atoms with Crippen molar-refractivity contribution < 1.29 is 9.13 Å². The molecule has 0 spiro atoms.